The Labute approximate surface area is 163 Å². The van der Waals surface area contributed by atoms with Crippen molar-refractivity contribution < 1.29 is 24.1 Å². The highest BCUT2D eigenvalue weighted by molar-refractivity contribution is 6.19. The molecule has 1 saturated heterocycles. The predicted octanol–water partition coefficient (Wildman–Crippen LogP) is 3.52. The molecule has 0 spiro atoms. The van der Waals surface area contributed by atoms with Crippen LogP contribution in [0.25, 0.3) is 0 Å². The Morgan fingerprint density at radius 2 is 2.07 bits per heavy atom. The van der Waals surface area contributed by atoms with Gasteiger partial charge < -0.3 is 19.3 Å². The van der Waals surface area contributed by atoms with Crippen LogP contribution in [0.2, 0.25) is 0 Å². The van der Waals surface area contributed by atoms with Crippen molar-refractivity contribution in [2.24, 2.45) is 4.99 Å². The van der Waals surface area contributed by atoms with Gasteiger partial charge >= 0.3 is 5.97 Å². The summed E-state index contributed by atoms with van der Waals surface area (Å²) in [5.74, 6) is 0.443. The first-order chi connectivity index (χ1) is 13.6. The molecule has 28 heavy (non-hydrogen) atoms. The number of hydrogen-bond acceptors (Lipinski definition) is 5. The quantitative estimate of drug-likeness (QED) is 0.858. The van der Waals surface area contributed by atoms with Crippen LogP contribution >= 0.6 is 0 Å². The van der Waals surface area contributed by atoms with Crippen LogP contribution in [0.1, 0.15) is 46.3 Å². The summed E-state index contributed by atoms with van der Waals surface area (Å²) in [6.07, 6.45) is 0.804. The largest absolute Gasteiger partial charge is 0.493 e. The molecule has 1 fully saturated rings. The van der Waals surface area contributed by atoms with E-state index in [-0.39, 0.29) is 17.5 Å². The standard InChI is InChI=1S/C22H23NO5/c1-3-28-20-10-15-16(11-19(20)26-2)21(23-18-8-9-27-12-17(15)18)13-6-4-5-7-14(13)22(24)25/h4-7,10-11,17-18H,3,8-9,12H2,1-2H3,(H,24,25)/t17-,18-/m1/s1. The van der Waals surface area contributed by atoms with Crippen LogP contribution in [-0.2, 0) is 4.74 Å². The van der Waals surface area contributed by atoms with E-state index in [0.29, 0.717) is 42.6 Å². The van der Waals surface area contributed by atoms with Crippen LogP contribution in [-0.4, -0.2) is 49.8 Å². The lowest BCUT2D eigenvalue weighted by molar-refractivity contribution is 0.0683. The van der Waals surface area contributed by atoms with E-state index in [1.54, 1.807) is 19.2 Å². The number of rotatable bonds is 5. The minimum atomic E-state index is -0.966. The highest BCUT2D eigenvalue weighted by Gasteiger charge is 2.36. The summed E-state index contributed by atoms with van der Waals surface area (Å²) in [5, 5.41) is 9.67. The Balaban J connectivity index is 1.94. The molecular weight excluding hydrogens is 358 g/mol. The maximum atomic E-state index is 11.8. The smallest absolute Gasteiger partial charge is 0.336 e. The number of hydrogen-bond donors (Lipinski definition) is 1. The van der Waals surface area contributed by atoms with E-state index in [1.807, 2.05) is 31.2 Å². The number of aliphatic imine (C=N–C) groups is 1. The molecule has 4 rings (SSSR count). The maximum absolute atomic E-state index is 11.8. The highest BCUT2D eigenvalue weighted by Crippen LogP contribution is 2.42. The fourth-order valence-electron chi connectivity index (χ4n) is 4.02. The molecule has 0 aromatic heterocycles. The maximum Gasteiger partial charge on any atom is 0.336 e. The normalized spacial score (nSPS) is 20.6. The molecule has 146 valence electrons. The van der Waals surface area contributed by atoms with E-state index >= 15 is 0 Å². The topological polar surface area (TPSA) is 77.4 Å². The molecule has 0 radical (unpaired) electrons. The van der Waals surface area contributed by atoms with E-state index in [4.69, 9.17) is 19.2 Å². The number of methoxy groups -OCH3 is 1. The van der Waals surface area contributed by atoms with Gasteiger partial charge in [0.2, 0.25) is 0 Å². The molecule has 6 heteroatoms. The number of ether oxygens (including phenoxy) is 3. The Bertz CT molecular complexity index is 937. The van der Waals surface area contributed by atoms with E-state index in [0.717, 1.165) is 17.5 Å². The van der Waals surface area contributed by atoms with Crippen LogP contribution in [0.15, 0.2) is 41.4 Å². The molecular formula is C22H23NO5. The number of carboxylic acid groups (broad SMARTS) is 1. The zero-order valence-corrected chi connectivity index (χ0v) is 16.0. The van der Waals surface area contributed by atoms with Crippen molar-refractivity contribution in [1.82, 2.24) is 0 Å². The van der Waals surface area contributed by atoms with Crippen molar-refractivity contribution >= 4 is 11.7 Å². The molecule has 1 N–H and O–H groups in total. The first-order valence-corrected chi connectivity index (χ1v) is 9.47. The lowest BCUT2D eigenvalue weighted by Gasteiger charge is -2.35. The van der Waals surface area contributed by atoms with Gasteiger partial charge in [-0.25, -0.2) is 4.79 Å². The van der Waals surface area contributed by atoms with Crippen molar-refractivity contribution in [3.05, 3.63) is 58.7 Å². The molecule has 2 aliphatic heterocycles. The van der Waals surface area contributed by atoms with Gasteiger partial charge in [0.05, 0.1) is 37.6 Å². The van der Waals surface area contributed by atoms with Crippen molar-refractivity contribution in [3.63, 3.8) is 0 Å². The van der Waals surface area contributed by atoms with Crippen molar-refractivity contribution in [1.29, 1.82) is 0 Å². The van der Waals surface area contributed by atoms with Gasteiger partial charge in [0, 0.05) is 23.7 Å². The summed E-state index contributed by atoms with van der Waals surface area (Å²) in [6, 6.07) is 11.0. The molecule has 2 atom stereocenters. The Morgan fingerprint density at radius 1 is 1.25 bits per heavy atom. The Morgan fingerprint density at radius 3 is 2.82 bits per heavy atom. The van der Waals surface area contributed by atoms with Gasteiger partial charge in [-0.2, -0.15) is 0 Å². The number of aromatic carboxylic acids is 1. The van der Waals surface area contributed by atoms with Gasteiger partial charge in [0.15, 0.2) is 11.5 Å². The third-order valence-electron chi connectivity index (χ3n) is 5.32. The predicted molar refractivity (Wildman–Crippen MR) is 105 cm³/mol. The van der Waals surface area contributed by atoms with Crippen molar-refractivity contribution in [2.45, 2.75) is 25.3 Å². The van der Waals surface area contributed by atoms with Crippen LogP contribution in [0.4, 0.5) is 0 Å². The molecule has 0 bridgehead atoms. The summed E-state index contributed by atoms with van der Waals surface area (Å²) in [5.41, 5.74) is 3.50. The van der Waals surface area contributed by atoms with Gasteiger partial charge in [-0.1, -0.05) is 18.2 Å². The van der Waals surface area contributed by atoms with Gasteiger partial charge in [-0.3, -0.25) is 4.99 Å². The molecule has 2 aromatic rings. The molecule has 0 unspecified atom stereocenters. The first kappa shape index (κ1) is 18.5. The van der Waals surface area contributed by atoms with Gasteiger partial charge in [0.25, 0.3) is 0 Å². The number of fused-ring (bicyclic) bond motifs is 3. The van der Waals surface area contributed by atoms with E-state index < -0.39 is 5.97 Å². The summed E-state index contributed by atoms with van der Waals surface area (Å²) in [4.78, 5) is 16.8. The van der Waals surface area contributed by atoms with E-state index in [2.05, 4.69) is 0 Å². The zero-order chi connectivity index (χ0) is 19.7. The molecule has 0 aliphatic carbocycles. The molecule has 2 heterocycles. The number of carboxylic acids is 1. The fourth-order valence-corrected chi connectivity index (χ4v) is 4.02. The third-order valence-corrected chi connectivity index (χ3v) is 5.32. The second-order valence-corrected chi connectivity index (χ2v) is 6.89. The zero-order valence-electron chi connectivity index (χ0n) is 16.0. The SMILES string of the molecule is CCOc1cc2c(cc1OC)C(c1ccccc1C(=O)O)=N[C@@H]1CCOC[C@H]21. The van der Waals surface area contributed by atoms with Crippen molar-refractivity contribution in [2.75, 3.05) is 26.9 Å². The van der Waals surface area contributed by atoms with Crippen LogP contribution < -0.4 is 9.47 Å². The summed E-state index contributed by atoms with van der Waals surface area (Å²) < 4.78 is 17.0. The average Bonchev–Trinajstić information content (AvgIpc) is 2.73. The van der Waals surface area contributed by atoms with Crippen LogP contribution in [0.3, 0.4) is 0 Å². The van der Waals surface area contributed by atoms with Crippen molar-refractivity contribution in [3.8, 4) is 11.5 Å². The van der Waals surface area contributed by atoms with Crippen LogP contribution in [0.5, 0.6) is 11.5 Å². The van der Waals surface area contributed by atoms with Gasteiger partial charge in [-0.15, -0.1) is 0 Å². The second kappa shape index (κ2) is 7.64. The summed E-state index contributed by atoms with van der Waals surface area (Å²) in [6.45, 7) is 3.71. The molecule has 6 nitrogen and oxygen atoms in total. The molecule has 0 saturated carbocycles. The minimum absolute atomic E-state index is 0.0565. The molecule has 2 aromatic carbocycles. The number of carbonyl (C=O) groups is 1. The fraction of sp³-hybridized carbons (Fsp3) is 0.364. The minimum Gasteiger partial charge on any atom is -0.493 e. The van der Waals surface area contributed by atoms with Crippen LogP contribution in [0, 0.1) is 0 Å². The van der Waals surface area contributed by atoms with Gasteiger partial charge in [-0.05, 0) is 37.1 Å². The third kappa shape index (κ3) is 3.14. The molecule has 0 amide bonds. The summed E-state index contributed by atoms with van der Waals surface area (Å²) in [7, 11) is 1.60. The lowest BCUT2D eigenvalue weighted by atomic mass is 9.80. The number of nitrogens with zero attached hydrogens (tertiary/aromatic N) is 1. The Kier molecular flexibility index (Phi) is 5.05. The first-order valence-electron chi connectivity index (χ1n) is 9.47. The van der Waals surface area contributed by atoms with E-state index in [1.165, 1.54) is 0 Å². The second-order valence-electron chi connectivity index (χ2n) is 6.89. The monoisotopic (exact) mass is 381 g/mol. The lowest BCUT2D eigenvalue weighted by Crippen LogP contribution is -2.35. The van der Waals surface area contributed by atoms with Gasteiger partial charge in [0.1, 0.15) is 0 Å². The Hall–Kier alpha value is -2.86. The number of benzene rings is 2. The van der Waals surface area contributed by atoms with E-state index in [9.17, 15) is 9.90 Å². The molecule has 2 aliphatic rings. The highest BCUT2D eigenvalue weighted by atomic mass is 16.5. The summed E-state index contributed by atoms with van der Waals surface area (Å²) >= 11 is 0. The average molecular weight is 381 g/mol.